The lowest BCUT2D eigenvalue weighted by atomic mass is 9.78. The molecule has 0 radical (unpaired) electrons. The second kappa shape index (κ2) is 6.76. The van der Waals surface area contributed by atoms with Gasteiger partial charge in [-0.1, -0.05) is 38.8 Å². The SMILES string of the molecule is C[C@@H]1[C@H](C)CCC[C@@H]1n1ccc2c(nnc3c(-c4ccc(F)cc4)cnn32)c1=O. The van der Waals surface area contributed by atoms with E-state index in [0.717, 1.165) is 24.0 Å². The Bertz CT molecular complexity index is 1260. The first-order valence-electron chi connectivity index (χ1n) is 10.1. The first-order chi connectivity index (χ1) is 14.0. The van der Waals surface area contributed by atoms with Crippen LogP contribution in [0.1, 0.15) is 39.2 Å². The van der Waals surface area contributed by atoms with Gasteiger partial charge < -0.3 is 4.57 Å². The van der Waals surface area contributed by atoms with Crippen molar-refractivity contribution in [3.63, 3.8) is 0 Å². The summed E-state index contributed by atoms with van der Waals surface area (Å²) in [4.78, 5) is 13.2. The van der Waals surface area contributed by atoms with E-state index in [4.69, 9.17) is 0 Å². The fraction of sp³-hybridized carbons (Fsp3) is 0.364. The zero-order valence-electron chi connectivity index (χ0n) is 16.4. The average Bonchev–Trinajstić information content (AvgIpc) is 3.16. The van der Waals surface area contributed by atoms with Crippen LogP contribution in [0.5, 0.6) is 0 Å². The van der Waals surface area contributed by atoms with Crippen molar-refractivity contribution in [1.82, 2.24) is 24.4 Å². The van der Waals surface area contributed by atoms with Gasteiger partial charge in [0.05, 0.1) is 6.20 Å². The number of benzene rings is 1. The molecule has 0 spiro atoms. The number of rotatable bonds is 2. The van der Waals surface area contributed by atoms with Crippen LogP contribution < -0.4 is 5.56 Å². The van der Waals surface area contributed by atoms with Gasteiger partial charge in [-0.15, -0.1) is 10.2 Å². The van der Waals surface area contributed by atoms with Gasteiger partial charge in [0, 0.05) is 17.8 Å². The highest BCUT2D eigenvalue weighted by atomic mass is 19.1. The molecule has 1 saturated carbocycles. The predicted molar refractivity (Wildman–Crippen MR) is 109 cm³/mol. The van der Waals surface area contributed by atoms with Crippen LogP contribution in [-0.2, 0) is 0 Å². The van der Waals surface area contributed by atoms with Gasteiger partial charge >= 0.3 is 0 Å². The minimum atomic E-state index is -0.298. The van der Waals surface area contributed by atoms with Crippen LogP contribution in [-0.4, -0.2) is 24.4 Å². The minimum absolute atomic E-state index is 0.123. The normalized spacial score (nSPS) is 22.4. The fourth-order valence-corrected chi connectivity index (χ4v) is 4.55. The summed E-state index contributed by atoms with van der Waals surface area (Å²) < 4.78 is 16.7. The monoisotopic (exact) mass is 391 g/mol. The number of halogens is 1. The van der Waals surface area contributed by atoms with Crippen LogP contribution in [0, 0.1) is 17.7 Å². The van der Waals surface area contributed by atoms with E-state index in [2.05, 4.69) is 29.1 Å². The molecule has 3 aromatic heterocycles. The van der Waals surface area contributed by atoms with Gasteiger partial charge in [-0.25, -0.2) is 8.91 Å². The molecule has 0 N–H and O–H groups in total. The third-order valence-electron chi connectivity index (χ3n) is 6.47. The molecule has 0 unspecified atom stereocenters. The highest BCUT2D eigenvalue weighted by Gasteiger charge is 2.29. The Kier molecular flexibility index (Phi) is 4.19. The Morgan fingerprint density at radius 3 is 2.66 bits per heavy atom. The Balaban J connectivity index is 1.65. The van der Waals surface area contributed by atoms with Crippen molar-refractivity contribution in [2.75, 3.05) is 0 Å². The molecular formula is C22H22FN5O. The van der Waals surface area contributed by atoms with Crippen LogP contribution in [0.3, 0.4) is 0 Å². The summed E-state index contributed by atoms with van der Waals surface area (Å²) in [6.07, 6.45) is 6.88. The van der Waals surface area contributed by atoms with Crippen LogP contribution in [0.4, 0.5) is 4.39 Å². The molecule has 0 amide bonds. The molecule has 5 rings (SSSR count). The van der Waals surface area contributed by atoms with E-state index in [1.165, 1.54) is 18.6 Å². The molecule has 4 aromatic rings. The molecule has 6 nitrogen and oxygen atoms in total. The first kappa shape index (κ1) is 18.0. The molecule has 3 heterocycles. The number of hydrogen-bond donors (Lipinski definition) is 0. The fourth-order valence-electron chi connectivity index (χ4n) is 4.55. The van der Waals surface area contributed by atoms with Gasteiger partial charge in [0.1, 0.15) is 11.3 Å². The van der Waals surface area contributed by atoms with E-state index < -0.39 is 0 Å². The lowest BCUT2D eigenvalue weighted by molar-refractivity contribution is 0.183. The van der Waals surface area contributed by atoms with Crippen molar-refractivity contribution in [3.05, 3.63) is 58.9 Å². The second-order valence-electron chi connectivity index (χ2n) is 8.10. The molecule has 29 heavy (non-hydrogen) atoms. The zero-order chi connectivity index (χ0) is 20.1. The van der Waals surface area contributed by atoms with Crippen molar-refractivity contribution >= 4 is 16.7 Å². The Labute approximate surface area is 167 Å². The zero-order valence-corrected chi connectivity index (χ0v) is 16.4. The molecule has 1 aliphatic carbocycles. The van der Waals surface area contributed by atoms with Gasteiger partial charge in [-0.05, 0) is 42.0 Å². The standard InChI is InChI=1S/C22H22FN5O/c1-13-4-3-5-18(14(13)2)27-11-10-19-20(22(27)29)25-26-21-17(12-24-28(19)21)15-6-8-16(23)9-7-15/h6-14,18H,3-5H2,1-2H3/t13-,14-,18+/m1/s1. The van der Waals surface area contributed by atoms with Gasteiger partial charge in [0.2, 0.25) is 0 Å². The van der Waals surface area contributed by atoms with E-state index in [-0.39, 0.29) is 17.4 Å². The van der Waals surface area contributed by atoms with Crippen molar-refractivity contribution in [3.8, 4) is 11.1 Å². The van der Waals surface area contributed by atoms with Crippen LogP contribution in [0.25, 0.3) is 27.8 Å². The Hall–Kier alpha value is -3.09. The molecule has 7 heteroatoms. The van der Waals surface area contributed by atoms with Gasteiger partial charge in [0.25, 0.3) is 5.56 Å². The third-order valence-corrected chi connectivity index (χ3v) is 6.47. The Morgan fingerprint density at radius 2 is 1.86 bits per heavy atom. The first-order valence-corrected chi connectivity index (χ1v) is 10.1. The second-order valence-corrected chi connectivity index (χ2v) is 8.10. The maximum Gasteiger partial charge on any atom is 0.280 e. The summed E-state index contributed by atoms with van der Waals surface area (Å²) in [5.74, 6) is 0.730. The summed E-state index contributed by atoms with van der Waals surface area (Å²) in [6, 6.07) is 8.24. The molecular weight excluding hydrogens is 369 g/mol. The highest BCUT2D eigenvalue weighted by Crippen LogP contribution is 2.37. The average molecular weight is 391 g/mol. The largest absolute Gasteiger partial charge is 0.310 e. The van der Waals surface area contributed by atoms with Crippen molar-refractivity contribution in [2.45, 2.75) is 39.2 Å². The van der Waals surface area contributed by atoms with Crippen LogP contribution in [0.15, 0.2) is 47.5 Å². The van der Waals surface area contributed by atoms with E-state index >= 15 is 0 Å². The molecule has 1 aromatic carbocycles. The molecule has 1 fully saturated rings. The molecule has 0 aliphatic heterocycles. The van der Waals surface area contributed by atoms with E-state index in [1.54, 1.807) is 22.8 Å². The summed E-state index contributed by atoms with van der Waals surface area (Å²) in [7, 11) is 0. The van der Waals surface area contributed by atoms with Crippen molar-refractivity contribution < 1.29 is 4.39 Å². The quantitative estimate of drug-likeness (QED) is 0.513. The number of aromatic nitrogens is 5. The summed E-state index contributed by atoms with van der Waals surface area (Å²) >= 11 is 0. The molecule has 0 saturated heterocycles. The summed E-state index contributed by atoms with van der Waals surface area (Å²) in [5, 5.41) is 13.0. The number of fused-ring (bicyclic) bond motifs is 3. The van der Waals surface area contributed by atoms with Crippen LogP contribution >= 0.6 is 0 Å². The maximum atomic E-state index is 13.3. The lowest BCUT2D eigenvalue weighted by Crippen LogP contribution is -2.34. The number of hydrogen-bond acceptors (Lipinski definition) is 4. The molecule has 1 aliphatic rings. The van der Waals surface area contributed by atoms with E-state index in [0.29, 0.717) is 28.5 Å². The third kappa shape index (κ3) is 2.84. The molecule has 0 bridgehead atoms. The van der Waals surface area contributed by atoms with Crippen LogP contribution in [0.2, 0.25) is 0 Å². The minimum Gasteiger partial charge on any atom is -0.310 e. The molecule has 148 valence electrons. The van der Waals surface area contributed by atoms with Crippen molar-refractivity contribution in [2.24, 2.45) is 11.8 Å². The maximum absolute atomic E-state index is 13.3. The summed E-state index contributed by atoms with van der Waals surface area (Å²) in [6.45, 7) is 4.48. The van der Waals surface area contributed by atoms with E-state index in [1.807, 2.05) is 16.8 Å². The summed E-state index contributed by atoms with van der Waals surface area (Å²) in [5.41, 5.74) is 2.91. The van der Waals surface area contributed by atoms with Gasteiger partial charge in [-0.3, -0.25) is 4.79 Å². The van der Waals surface area contributed by atoms with E-state index in [9.17, 15) is 9.18 Å². The number of pyridine rings is 1. The number of nitrogens with zero attached hydrogens (tertiary/aromatic N) is 5. The predicted octanol–water partition coefficient (Wildman–Crippen LogP) is 4.24. The lowest BCUT2D eigenvalue weighted by Gasteiger charge is -2.35. The van der Waals surface area contributed by atoms with Gasteiger partial charge in [-0.2, -0.15) is 5.10 Å². The topological polar surface area (TPSA) is 65.1 Å². The smallest absolute Gasteiger partial charge is 0.280 e. The van der Waals surface area contributed by atoms with Gasteiger partial charge in [0.15, 0.2) is 11.2 Å². The molecule has 3 atom stereocenters. The Morgan fingerprint density at radius 1 is 1.07 bits per heavy atom. The highest BCUT2D eigenvalue weighted by molar-refractivity contribution is 5.82. The van der Waals surface area contributed by atoms with Crippen molar-refractivity contribution in [1.29, 1.82) is 0 Å².